The molecule has 0 saturated heterocycles. The van der Waals surface area contributed by atoms with Gasteiger partial charge in [-0.2, -0.15) is 4.98 Å². The molecule has 0 aliphatic heterocycles. The second kappa shape index (κ2) is 5.46. The van der Waals surface area contributed by atoms with Gasteiger partial charge in [-0.3, -0.25) is 4.79 Å². The maximum Gasteiger partial charge on any atom is 0.262 e. The van der Waals surface area contributed by atoms with Gasteiger partial charge in [0.05, 0.1) is 4.88 Å². The van der Waals surface area contributed by atoms with Gasteiger partial charge in [0.2, 0.25) is 5.88 Å². The summed E-state index contributed by atoms with van der Waals surface area (Å²) in [6.45, 7) is 1.93. The van der Waals surface area contributed by atoms with Crippen LogP contribution in [0.1, 0.15) is 5.56 Å². The lowest BCUT2D eigenvalue weighted by Crippen LogP contribution is -2.12. The predicted molar refractivity (Wildman–Crippen MR) is 87.7 cm³/mol. The fourth-order valence-corrected chi connectivity index (χ4v) is 3.60. The summed E-state index contributed by atoms with van der Waals surface area (Å²) >= 11 is 4.83. The third kappa shape index (κ3) is 2.64. The Bertz CT molecular complexity index is 870. The van der Waals surface area contributed by atoms with E-state index in [1.807, 2.05) is 36.6 Å². The average molecular weight is 363 g/mol. The molecule has 0 saturated carbocycles. The van der Waals surface area contributed by atoms with E-state index < -0.39 is 0 Å². The number of thiophene rings is 1. The van der Waals surface area contributed by atoms with Crippen LogP contribution in [0.4, 0.5) is 0 Å². The van der Waals surface area contributed by atoms with Crippen molar-refractivity contribution in [2.45, 2.75) is 6.92 Å². The molecule has 0 fully saturated rings. The highest BCUT2D eigenvalue weighted by atomic mass is 79.9. The van der Waals surface area contributed by atoms with Gasteiger partial charge >= 0.3 is 0 Å². The Kier molecular flexibility index (Phi) is 3.65. The minimum Gasteiger partial charge on any atom is -0.493 e. The Hall–Kier alpha value is -1.92. The normalized spacial score (nSPS) is 10.8. The maximum atomic E-state index is 12.3. The Morgan fingerprint density at radius 2 is 2.14 bits per heavy atom. The number of H-pyrrole nitrogens is 1. The first kappa shape index (κ1) is 14.0. The van der Waals surface area contributed by atoms with Crippen LogP contribution in [0.5, 0.6) is 5.88 Å². The van der Waals surface area contributed by atoms with E-state index in [1.165, 1.54) is 11.3 Å². The number of nitrogens with one attached hydrogen (secondary N) is 1. The largest absolute Gasteiger partial charge is 0.493 e. The highest BCUT2D eigenvalue weighted by molar-refractivity contribution is 9.10. The molecule has 2 N–H and O–H groups in total. The molecule has 0 spiro atoms. The molecule has 0 atom stereocenters. The summed E-state index contributed by atoms with van der Waals surface area (Å²) in [6.07, 6.45) is 0. The maximum absolute atomic E-state index is 12.3. The molecule has 6 heteroatoms. The molecule has 106 valence electrons. The van der Waals surface area contributed by atoms with Crippen LogP contribution in [0.3, 0.4) is 0 Å². The summed E-state index contributed by atoms with van der Waals surface area (Å²) in [6, 6.07) is 9.25. The van der Waals surface area contributed by atoms with Crippen molar-refractivity contribution in [1.29, 1.82) is 0 Å². The van der Waals surface area contributed by atoms with Crippen LogP contribution >= 0.6 is 27.3 Å². The van der Waals surface area contributed by atoms with Crippen LogP contribution in [0.15, 0.2) is 45.0 Å². The first-order valence-electron chi connectivity index (χ1n) is 6.20. The number of hydrogen-bond donors (Lipinski definition) is 2. The molecule has 3 rings (SSSR count). The molecule has 1 aromatic carbocycles. The van der Waals surface area contributed by atoms with Gasteiger partial charge in [0.1, 0.15) is 5.56 Å². The van der Waals surface area contributed by atoms with Gasteiger partial charge in [0.25, 0.3) is 5.56 Å². The number of hydrogen-bond acceptors (Lipinski definition) is 4. The molecule has 21 heavy (non-hydrogen) atoms. The van der Waals surface area contributed by atoms with Crippen molar-refractivity contribution < 1.29 is 5.11 Å². The fourth-order valence-electron chi connectivity index (χ4n) is 2.09. The van der Waals surface area contributed by atoms with Crippen LogP contribution in [0.25, 0.3) is 21.8 Å². The van der Waals surface area contributed by atoms with E-state index in [-0.39, 0.29) is 17.0 Å². The van der Waals surface area contributed by atoms with Gasteiger partial charge in [0, 0.05) is 4.47 Å². The van der Waals surface area contributed by atoms with E-state index in [1.54, 1.807) is 6.07 Å². The van der Waals surface area contributed by atoms with Crippen molar-refractivity contribution in [3.05, 3.63) is 56.1 Å². The van der Waals surface area contributed by atoms with Gasteiger partial charge < -0.3 is 10.1 Å². The zero-order valence-corrected chi connectivity index (χ0v) is 13.5. The zero-order valence-electron chi connectivity index (χ0n) is 11.1. The number of aromatic amines is 1. The van der Waals surface area contributed by atoms with Crippen molar-refractivity contribution >= 4 is 27.3 Å². The van der Waals surface area contributed by atoms with Crippen LogP contribution < -0.4 is 5.56 Å². The van der Waals surface area contributed by atoms with E-state index in [9.17, 15) is 9.90 Å². The molecule has 0 amide bonds. The fraction of sp³-hybridized carbons (Fsp3) is 0.0667. The number of halogens is 1. The molecule has 0 aliphatic rings. The number of benzene rings is 1. The summed E-state index contributed by atoms with van der Waals surface area (Å²) in [4.78, 5) is 19.9. The summed E-state index contributed by atoms with van der Waals surface area (Å²) in [5.74, 6) is 0.0930. The van der Waals surface area contributed by atoms with Gasteiger partial charge in [-0.1, -0.05) is 29.8 Å². The van der Waals surface area contributed by atoms with E-state index in [0.717, 1.165) is 14.9 Å². The van der Waals surface area contributed by atoms with Crippen molar-refractivity contribution in [1.82, 2.24) is 9.97 Å². The number of aryl methyl sites for hydroxylation is 1. The third-order valence-electron chi connectivity index (χ3n) is 3.04. The molecule has 4 nitrogen and oxygen atoms in total. The monoisotopic (exact) mass is 362 g/mol. The first-order valence-corrected chi connectivity index (χ1v) is 7.87. The van der Waals surface area contributed by atoms with Crippen LogP contribution in [0.2, 0.25) is 0 Å². The molecular weight excluding hydrogens is 352 g/mol. The minimum atomic E-state index is -0.358. The molecule has 0 unspecified atom stereocenters. The van der Waals surface area contributed by atoms with Gasteiger partial charge in [-0.15, -0.1) is 11.3 Å². The van der Waals surface area contributed by atoms with Crippen LogP contribution in [-0.4, -0.2) is 15.1 Å². The summed E-state index contributed by atoms with van der Waals surface area (Å²) in [7, 11) is 0. The lowest BCUT2D eigenvalue weighted by atomic mass is 10.1. The molecule has 0 aliphatic carbocycles. The number of rotatable bonds is 2. The van der Waals surface area contributed by atoms with Crippen molar-refractivity contribution in [3.8, 4) is 27.7 Å². The smallest absolute Gasteiger partial charge is 0.262 e. The van der Waals surface area contributed by atoms with Gasteiger partial charge in [-0.05, 0) is 39.9 Å². The summed E-state index contributed by atoms with van der Waals surface area (Å²) in [5.41, 5.74) is 1.49. The lowest BCUT2D eigenvalue weighted by Gasteiger charge is -2.06. The third-order valence-corrected chi connectivity index (χ3v) is 4.88. The molecule has 0 bridgehead atoms. The number of aromatic hydroxyl groups is 1. The van der Waals surface area contributed by atoms with Crippen molar-refractivity contribution in [2.75, 3.05) is 0 Å². The van der Waals surface area contributed by atoms with Gasteiger partial charge in [-0.25, -0.2) is 0 Å². The Morgan fingerprint density at radius 3 is 2.76 bits per heavy atom. The summed E-state index contributed by atoms with van der Waals surface area (Å²) in [5, 5.41) is 12.0. The topological polar surface area (TPSA) is 66.0 Å². The highest BCUT2D eigenvalue weighted by Gasteiger charge is 2.15. The second-order valence-electron chi connectivity index (χ2n) is 4.58. The average Bonchev–Trinajstić information content (AvgIpc) is 2.84. The molecular formula is C15H11BrN2O2S. The second-order valence-corrected chi connectivity index (χ2v) is 6.35. The quantitative estimate of drug-likeness (QED) is 0.725. The zero-order chi connectivity index (χ0) is 15.0. The van der Waals surface area contributed by atoms with E-state index in [0.29, 0.717) is 11.4 Å². The Morgan fingerprint density at radius 1 is 1.33 bits per heavy atom. The van der Waals surface area contributed by atoms with E-state index >= 15 is 0 Å². The Balaban J connectivity index is 2.18. The van der Waals surface area contributed by atoms with Gasteiger partial charge in [0.15, 0.2) is 5.82 Å². The number of aromatic nitrogens is 2. The molecule has 2 aromatic heterocycles. The first-order chi connectivity index (χ1) is 10.1. The standard InChI is InChI=1S/C15H11BrN2O2S/c1-8-3-2-4-9(7-8)11-14(19)17-13(18-15(11)20)12-10(16)5-6-21-12/h2-7H,1H3,(H2,17,18,19,20). The van der Waals surface area contributed by atoms with E-state index in [2.05, 4.69) is 25.9 Å². The van der Waals surface area contributed by atoms with Crippen molar-refractivity contribution in [2.24, 2.45) is 0 Å². The summed E-state index contributed by atoms with van der Waals surface area (Å²) < 4.78 is 0.832. The molecule has 2 heterocycles. The van der Waals surface area contributed by atoms with Crippen LogP contribution in [-0.2, 0) is 0 Å². The van der Waals surface area contributed by atoms with Crippen LogP contribution in [0, 0.1) is 6.92 Å². The predicted octanol–water partition coefficient (Wildman–Crippen LogP) is 3.94. The molecule has 0 radical (unpaired) electrons. The lowest BCUT2D eigenvalue weighted by molar-refractivity contribution is 0.454. The van der Waals surface area contributed by atoms with Crippen molar-refractivity contribution in [3.63, 3.8) is 0 Å². The highest BCUT2D eigenvalue weighted by Crippen LogP contribution is 2.33. The number of nitrogens with zero attached hydrogens (tertiary/aromatic N) is 1. The Labute approximate surface area is 133 Å². The SMILES string of the molecule is Cc1cccc(-c2c(O)nc(-c3sccc3Br)[nH]c2=O)c1. The molecule has 3 aromatic rings. The van der Waals surface area contributed by atoms with E-state index in [4.69, 9.17) is 0 Å². The minimum absolute atomic E-state index is 0.190.